The van der Waals surface area contributed by atoms with E-state index in [4.69, 9.17) is 0 Å². The van der Waals surface area contributed by atoms with Crippen LogP contribution < -0.4 is 4.72 Å². The smallest absolute Gasteiger partial charge is 0.248 e. The Kier molecular flexibility index (Phi) is 6.05. The Morgan fingerprint density at radius 3 is 2.47 bits per heavy atom. The summed E-state index contributed by atoms with van der Waals surface area (Å²) in [4.78, 5) is 31.1. The molecule has 1 aromatic carbocycles. The number of H-pyrrole nitrogens is 1. The van der Waals surface area contributed by atoms with Gasteiger partial charge in [-0.15, -0.1) is 0 Å². The minimum absolute atomic E-state index is 0.218. The molecule has 0 aliphatic heterocycles. The van der Waals surface area contributed by atoms with E-state index in [1.165, 1.54) is 36.2 Å². The molecule has 5 rings (SSSR count). The number of carbonyl (C=O) groups is 1. The number of nitrogens with one attached hydrogen (secondary N) is 2. The fourth-order valence-electron chi connectivity index (χ4n) is 3.84. The second-order valence-corrected chi connectivity index (χ2v) is 11.1. The molecule has 0 spiro atoms. The fourth-order valence-corrected chi connectivity index (χ4v) is 5.03. The van der Waals surface area contributed by atoms with Crippen molar-refractivity contribution in [2.45, 2.75) is 31.1 Å². The quantitative estimate of drug-likeness (QED) is 0.346. The largest absolute Gasteiger partial charge is 0.345 e. The number of ketones is 1. The molecule has 0 saturated heterocycles. The number of nitrogens with zero attached hydrogens (tertiary/aromatic N) is 4. The van der Waals surface area contributed by atoms with Gasteiger partial charge in [-0.3, -0.25) is 14.4 Å². The topological polar surface area (TPSA) is 121 Å². The van der Waals surface area contributed by atoms with E-state index in [1.807, 2.05) is 0 Å². The standard InChI is InChI=1S/C25H25FN6O3S/c1-14(32(2)3)36(34,35)31-21-6-4-5-18(22(21)26)23(33)20-13-30-25-19(20)9-16(10-29-25)17-11-27-24(28-12-17)15-7-8-15/h4-6,9-15,31H,7-8H2,1-3H3,(H,29,30). The van der Waals surface area contributed by atoms with Crippen molar-refractivity contribution in [2.24, 2.45) is 0 Å². The Hall–Kier alpha value is -3.70. The summed E-state index contributed by atoms with van der Waals surface area (Å²) in [6.07, 6.45) is 8.82. The highest BCUT2D eigenvalue weighted by molar-refractivity contribution is 7.93. The number of benzene rings is 1. The normalized spacial score (nSPS) is 14.8. The van der Waals surface area contributed by atoms with Crippen molar-refractivity contribution in [3.8, 4) is 11.1 Å². The third-order valence-corrected chi connectivity index (χ3v) is 8.22. The van der Waals surface area contributed by atoms with Crippen LogP contribution in [0, 0.1) is 5.82 Å². The third-order valence-electron chi connectivity index (χ3n) is 6.40. The molecular formula is C25H25FN6O3S. The van der Waals surface area contributed by atoms with E-state index in [1.54, 1.807) is 38.8 Å². The highest BCUT2D eigenvalue weighted by atomic mass is 32.2. The molecule has 2 N–H and O–H groups in total. The predicted molar refractivity (Wildman–Crippen MR) is 135 cm³/mol. The van der Waals surface area contributed by atoms with Gasteiger partial charge < -0.3 is 4.98 Å². The Balaban J connectivity index is 1.48. The lowest BCUT2D eigenvalue weighted by Gasteiger charge is -2.21. The van der Waals surface area contributed by atoms with Crippen LogP contribution in [0.1, 0.15) is 47.4 Å². The molecule has 1 atom stereocenters. The average Bonchev–Trinajstić information content (AvgIpc) is 3.63. The summed E-state index contributed by atoms with van der Waals surface area (Å²) in [6.45, 7) is 1.48. The molecule has 4 aromatic rings. The van der Waals surface area contributed by atoms with Crippen molar-refractivity contribution in [1.82, 2.24) is 24.8 Å². The minimum atomic E-state index is -3.91. The summed E-state index contributed by atoms with van der Waals surface area (Å²) in [6, 6.07) is 5.83. The summed E-state index contributed by atoms with van der Waals surface area (Å²) in [5.41, 5.74) is 1.62. The Labute approximate surface area is 207 Å². The van der Waals surface area contributed by atoms with Crippen molar-refractivity contribution >= 4 is 32.5 Å². The number of anilines is 1. The van der Waals surface area contributed by atoms with Crippen LogP contribution in [0.2, 0.25) is 0 Å². The first-order valence-corrected chi connectivity index (χ1v) is 13.0. The molecular weight excluding hydrogens is 483 g/mol. The summed E-state index contributed by atoms with van der Waals surface area (Å²) in [7, 11) is -0.702. The van der Waals surface area contributed by atoms with Gasteiger partial charge in [0.25, 0.3) is 0 Å². The zero-order valence-corrected chi connectivity index (χ0v) is 20.8. The Bertz CT molecular complexity index is 1560. The van der Waals surface area contributed by atoms with Crippen LogP contribution in [0.15, 0.2) is 49.1 Å². The van der Waals surface area contributed by atoms with Gasteiger partial charge in [0, 0.05) is 52.8 Å². The molecule has 1 aliphatic carbocycles. The molecule has 1 saturated carbocycles. The first kappa shape index (κ1) is 24.0. The van der Waals surface area contributed by atoms with Crippen LogP contribution in [0.3, 0.4) is 0 Å². The molecule has 1 fully saturated rings. The lowest BCUT2D eigenvalue weighted by molar-refractivity contribution is 0.103. The summed E-state index contributed by atoms with van der Waals surface area (Å²) >= 11 is 0. The van der Waals surface area contributed by atoms with Gasteiger partial charge >= 0.3 is 0 Å². The number of hydrogen-bond donors (Lipinski definition) is 2. The number of hydrogen-bond acceptors (Lipinski definition) is 7. The summed E-state index contributed by atoms with van der Waals surface area (Å²) in [5.74, 6) is -0.273. The van der Waals surface area contributed by atoms with Crippen LogP contribution in [0.4, 0.5) is 10.1 Å². The maximum absolute atomic E-state index is 15.4. The van der Waals surface area contributed by atoms with E-state index in [0.29, 0.717) is 17.0 Å². The van der Waals surface area contributed by atoms with Crippen LogP contribution >= 0.6 is 0 Å². The van der Waals surface area contributed by atoms with Crippen molar-refractivity contribution in [2.75, 3.05) is 18.8 Å². The third kappa shape index (κ3) is 4.47. The number of pyridine rings is 1. The van der Waals surface area contributed by atoms with E-state index >= 15 is 4.39 Å². The van der Waals surface area contributed by atoms with Crippen LogP contribution in [0.5, 0.6) is 0 Å². The van der Waals surface area contributed by atoms with Crippen LogP contribution in [-0.2, 0) is 10.0 Å². The van der Waals surface area contributed by atoms with E-state index in [2.05, 4.69) is 24.7 Å². The predicted octanol–water partition coefficient (Wildman–Crippen LogP) is 3.92. The molecule has 0 radical (unpaired) electrons. The molecule has 1 aliphatic rings. The van der Waals surface area contributed by atoms with Crippen LogP contribution in [-0.4, -0.2) is 58.5 Å². The average molecular weight is 509 g/mol. The lowest BCUT2D eigenvalue weighted by atomic mass is 10.0. The molecule has 3 heterocycles. The van der Waals surface area contributed by atoms with Gasteiger partial charge in [-0.25, -0.2) is 27.8 Å². The number of carbonyl (C=O) groups excluding carboxylic acids is 1. The zero-order chi connectivity index (χ0) is 25.6. The monoisotopic (exact) mass is 508 g/mol. The summed E-state index contributed by atoms with van der Waals surface area (Å²) in [5, 5.41) is -0.396. The van der Waals surface area contributed by atoms with Gasteiger partial charge in [0.2, 0.25) is 10.0 Å². The first-order chi connectivity index (χ1) is 17.2. The Morgan fingerprint density at radius 2 is 1.81 bits per heavy atom. The zero-order valence-electron chi connectivity index (χ0n) is 20.0. The number of aromatic amines is 1. The summed E-state index contributed by atoms with van der Waals surface area (Å²) < 4.78 is 42.8. The molecule has 186 valence electrons. The van der Waals surface area contributed by atoms with Gasteiger partial charge in [0.15, 0.2) is 11.6 Å². The van der Waals surface area contributed by atoms with E-state index in [-0.39, 0.29) is 16.8 Å². The molecule has 36 heavy (non-hydrogen) atoms. The van der Waals surface area contributed by atoms with Gasteiger partial charge in [0.1, 0.15) is 16.8 Å². The maximum Gasteiger partial charge on any atom is 0.248 e. The minimum Gasteiger partial charge on any atom is -0.345 e. The van der Waals surface area contributed by atoms with E-state index < -0.39 is 27.0 Å². The van der Waals surface area contributed by atoms with Gasteiger partial charge in [-0.05, 0) is 52.1 Å². The van der Waals surface area contributed by atoms with Crippen LogP contribution in [0.25, 0.3) is 22.2 Å². The van der Waals surface area contributed by atoms with E-state index in [9.17, 15) is 13.2 Å². The van der Waals surface area contributed by atoms with Gasteiger partial charge in [-0.2, -0.15) is 0 Å². The number of sulfonamides is 1. The van der Waals surface area contributed by atoms with Gasteiger partial charge in [0.05, 0.1) is 11.3 Å². The van der Waals surface area contributed by atoms with Crippen molar-refractivity contribution in [3.05, 3.63) is 71.8 Å². The number of fused-ring (bicyclic) bond motifs is 1. The number of aromatic nitrogens is 4. The molecule has 11 heteroatoms. The molecule has 3 aromatic heterocycles. The highest BCUT2D eigenvalue weighted by Crippen LogP contribution is 2.38. The number of halogens is 1. The second-order valence-electron chi connectivity index (χ2n) is 9.13. The lowest BCUT2D eigenvalue weighted by Crippen LogP contribution is -2.37. The van der Waals surface area contributed by atoms with E-state index in [0.717, 1.165) is 29.8 Å². The number of rotatable bonds is 8. The van der Waals surface area contributed by atoms with Crippen molar-refractivity contribution in [3.63, 3.8) is 0 Å². The Morgan fingerprint density at radius 1 is 1.11 bits per heavy atom. The SMILES string of the molecule is CC(N(C)C)S(=O)(=O)Nc1cccc(C(=O)c2c[nH]c3ncc(-c4cnc(C5CC5)nc4)cc23)c1F. The van der Waals surface area contributed by atoms with Crippen molar-refractivity contribution in [1.29, 1.82) is 0 Å². The second kappa shape index (κ2) is 9.07. The molecule has 0 amide bonds. The highest BCUT2D eigenvalue weighted by Gasteiger charge is 2.27. The molecule has 0 bridgehead atoms. The fraction of sp³-hybridized carbons (Fsp3) is 0.280. The first-order valence-electron chi connectivity index (χ1n) is 11.5. The maximum atomic E-state index is 15.4. The molecule has 1 unspecified atom stereocenters. The van der Waals surface area contributed by atoms with Gasteiger partial charge in [-0.1, -0.05) is 6.07 Å². The molecule has 9 nitrogen and oxygen atoms in total. The van der Waals surface area contributed by atoms with Crippen molar-refractivity contribution < 1.29 is 17.6 Å².